The molecule has 2 aromatic carbocycles. The molecule has 3 heterocycles. The zero-order valence-corrected chi connectivity index (χ0v) is 20.8. The minimum atomic E-state index is -0.939. The second-order valence-electron chi connectivity index (χ2n) is 12.7. The van der Waals surface area contributed by atoms with Crippen LogP contribution in [0.3, 0.4) is 0 Å². The number of piperidine rings is 1. The average Bonchev–Trinajstić information content (AvgIpc) is 3.44. The Morgan fingerprint density at radius 2 is 2.00 bits per heavy atom. The molecule has 3 N–H and O–H groups in total. The van der Waals surface area contributed by atoms with Crippen LogP contribution in [0.25, 0.3) is 10.9 Å². The number of hydrogen-bond donors (Lipinski definition) is 3. The quantitative estimate of drug-likeness (QED) is 0.508. The number of likely N-dealkylation sites (tertiary alicyclic amines) is 1. The molecule has 8 rings (SSSR count). The Bertz CT molecular complexity index is 1420. The largest absolute Gasteiger partial charge is 0.504 e. The molecule has 2 bridgehead atoms. The molecule has 6 heteroatoms. The molecule has 1 aromatic heterocycles. The first-order chi connectivity index (χ1) is 16.7. The number of nitrogens with one attached hydrogen (secondary N) is 1. The molecule has 0 amide bonds. The van der Waals surface area contributed by atoms with Gasteiger partial charge < -0.3 is 19.9 Å². The third kappa shape index (κ3) is 2.41. The summed E-state index contributed by atoms with van der Waals surface area (Å²) in [4.78, 5) is 6.30. The van der Waals surface area contributed by atoms with Crippen molar-refractivity contribution in [1.82, 2.24) is 14.4 Å². The summed E-state index contributed by atoms with van der Waals surface area (Å²) in [6.07, 6.45) is 4.58. The van der Waals surface area contributed by atoms with Crippen LogP contribution >= 0.6 is 0 Å². The Balaban J connectivity index is 1.39. The highest BCUT2D eigenvalue weighted by atomic mass is 16.5. The monoisotopic (exact) mass is 472 g/mol. The fourth-order valence-electron chi connectivity index (χ4n) is 8.03. The third-order valence-corrected chi connectivity index (χ3v) is 9.92. The Kier molecular flexibility index (Phi) is 3.67. The lowest BCUT2D eigenvalue weighted by Crippen LogP contribution is -2.74. The lowest BCUT2D eigenvalue weighted by molar-refractivity contribution is -0.173. The average molecular weight is 473 g/mol. The van der Waals surface area contributed by atoms with E-state index in [2.05, 4.69) is 55.3 Å². The molecule has 182 valence electrons. The van der Waals surface area contributed by atoms with Gasteiger partial charge in [-0.1, -0.05) is 6.07 Å². The van der Waals surface area contributed by atoms with E-state index in [9.17, 15) is 10.2 Å². The van der Waals surface area contributed by atoms with Crippen molar-refractivity contribution in [2.75, 3.05) is 34.2 Å². The molecule has 0 radical (unpaired) electrons. The van der Waals surface area contributed by atoms with Crippen LogP contribution < -0.4 is 9.22 Å². The molecule has 1 saturated carbocycles. The first kappa shape index (κ1) is 20.6. The number of phenols is 1. The highest BCUT2D eigenvalue weighted by Crippen LogP contribution is 2.69. The van der Waals surface area contributed by atoms with Gasteiger partial charge in [0.15, 0.2) is 17.6 Å². The first-order valence-corrected chi connectivity index (χ1v) is 13.2. The van der Waals surface area contributed by atoms with Crippen LogP contribution in [0.15, 0.2) is 30.3 Å². The summed E-state index contributed by atoms with van der Waals surface area (Å²) in [5.41, 5.74) is 5.45. The summed E-state index contributed by atoms with van der Waals surface area (Å²) in [6.45, 7) is 2.06. The molecule has 3 aliphatic carbocycles. The van der Waals surface area contributed by atoms with E-state index in [1.807, 2.05) is 0 Å². The van der Waals surface area contributed by atoms with E-state index in [4.69, 9.17) is 4.74 Å². The maximum atomic E-state index is 12.9. The van der Waals surface area contributed by atoms with E-state index in [0.29, 0.717) is 12.2 Å². The number of aromatic nitrogens is 1. The van der Waals surface area contributed by atoms with Gasteiger partial charge >= 0.3 is 0 Å². The van der Waals surface area contributed by atoms with Crippen molar-refractivity contribution in [2.24, 2.45) is 5.92 Å². The van der Waals surface area contributed by atoms with Crippen molar-refractivity contribution in [3.8, 4) is 11.5 Å². The van der Waals surface area contributed by atoms with Gasteiger partial charge in [-0.05, 0) is 61.4 Å². The SMILES string of the molecule is C[N+](C)(C)c1ccc2[nH]c3c(c2c1)C[C@@]1(O)[C@H]2Cc4ccc(O)c5c4[C@@]1(CCN2CC1CC1)[C@H]3O5. The van der Waals surface area contributed by atoms with Crippen molar-refractivity contribution >= 4 is 16.6 Å². The number of phenolic OH excluding ortho intramolecular Hbond substituents is 1. The number of hydrogen-bond acceptors (Lipinski definition) is 4. The van der Waals surface area contributed by atoms with E-state index in [1.54, 1.807) is 6.07 Å². The molecule has 2 aliphatic heterocycles. The first-order valence-electron chi connectivity index (χ1n) is 13.2. The molecular formula is C29H34N3O3+. The van der Waals surface area contributed by atoms with Gasteiger partial charge in [0.05, 0.1) is 37.9 Å². The number of H-pyrrole nitrogens is 1. The lowest BCUT2D eigenvalue weighted by atomic mass is 9.49. The summed E-state index contributed by atoms with van der Waals surface area (Å²) in [5.74, 6) is 1.57. The number of quaternary nitrogens is 1. The number of nitrogens with zero attached hydrogens (tertiary/aromatic N) is 2. The van der Waals surface area contributed by atoms with Gasteiger partial charge in [-0.2, -0.15) is 0 Å². The van der Waals surface area contributed by atoms with Crippen LogP contribution in [-0.2, 0) is 18.3 Å². The molecular weight excluding hydrogens is 438 g/mol. The maximum Gasteiger partial charge on any atom is 0.166 e. The molecule has 2 fully saturated rings. The highest BCUT2D eigenvalue weighted by Gasteiger charge is 2.72. The summed E-state index contributed by atoms with van der Waals surface area (Å²) >= 11 is 0. The molecule has 0 unspecified atom stereocenters. The Hall–Kier alpha value is -2.54. The van der Waals surface area contributed by atoms with Crippen LogP contribution in [0.2, 0.25) is 0 Å². The molecule has 35 heavy (non-hydrogen) atoms. The van der Waals surface area contributed by atoms with Gasteiger partial charge in [0, 0.05) is 47.6 Å². The number of aliphatic hydroxyl groups is 1. The smallest absolute Gasteiger partial charge is 0.166 e. The maximum absolute atomic E-state index is 12.9. The predicted octanol–water partition coefficient (Wildman–Crippen LogP) is 3.77. The van der Waals surface area contributed by atoms with Crippen molar-refractivity contribution in [2.45, 2.75) is 55.3 Å². The number of ether oxygens (including phenoxy) is 1. The minimum absolute atomic E-state index is 0.0608. The molecule has 1 spiro atoms. The highest BCUT2D eigenvalue weighted by molar-refractivity contribution is 5.89. The summed E-state index contributed by atoms with van der Waals surface area (Å²) in [6, 6.07) is 10.6. The van der Waals surface area contributed by atoms with Gasteiger partial charge in [-0.15, -0.1) is 0 Å². The van der Waals surface area contributed by atoms with Gasteiger partial charge in [-0.25, -0.2) is 0 Å². The van der Waals surface area contributed by atoms with E-state index < -0.39 is 11.0 Å². The molecule has 5 aliphatic rings. The summed E-state index contributed by atoms with van der Waals surface area (Å²) in [5, 5.41) is 25.0. The fraction of sp³-hybridized carbons (Fsp3) is 0.517. The Morgan fingerprint density at radius 1 is 1.17 bits per heavy atom. The zero-order chi connectivity index (χ0) is 23.9. The van der Waals surface area contributed by atoms with Crippen molar-refractivity contribution in [1.29, 1.82) is 0 Å². The topological polar surface area (TPSA) is 68.7 Å². The number of rotatable bonds is 3. The van der Waals surface area contributed by atoms with Crippen LogP contribution in [0.1, 0.15) is 47.8 Å². The molecule has 3 aromatic rings. The lowest BCUT2D eigenvalue weighted by Gasteiger charge is -2.62. The van der Waals surface area contributed by atoms with Gasteiger partial charge in [0.25, 0.3) is 0 Å². The van der Waals surface area contributed by atoms with Crippen LogP contribution in [-0.4, -0.2) is 66.0 Å². The standard InChI is InChI=1S/C29H33N3O3/c1-32(2,3)18-7-8-21-19(13-18)20-14-29(34)23-12-17-6-9-22(33)26-24(17)28(29,27(35-26)25(20)30-21)10-11-31(23)15-16-4-5-16/h6-9,13,16,23,27,30,34H,4-5,10-12,14-15H2,1-3H3/p+1/t23-,27+,28+,29-/m1/s1. The second kappa shape index (κ2) is 6.23. The van der Waals surface area contributed by atoms with Gasteiger partial charge in [0.2, 0.25) is 0 Å². The summed E-state index contributed by atoms with van der Waals surface area (Å²) in [7, 11) is 6.56. The second-order valence-corrected chi connectivity index (χ2v) is 12.7. The third-order valence-electron chi connectivity index (χ3n) is 9.92. The van der Waals surface area contributed by atoms with E-state index in [-0.39, 0.29) is 17.9 Å². The van der Waals surface area contributed by atoms with E-state index in [1.165, 1.54) is 35.0 Å². The Morgan fingerprint density at radius 3 is 2.77 bits per heavy atom. The minimum Gasteiger partial charge on any atom is -0.504 e. The summed E-state index contributed by atoms with van der Waals surface area (Å²) < 4.78 is 7.43. The van der Waals surface area contributed by atoms with E-state index in [0.717, 1.165) is 53.1 Å². The number of fused-ring (bicyclic) bond motifs is 4. The van der Waals surface area contributed by atoms with Crippen LogP contribution in [0.4, 0.5) is 5.69 Å². The number of aromatic hydroxyl groups is 1. The van der Waals surface area contributed by atoms with Crippen molar-refractivity contribution < 1.29 is 14.9 Å². The molecule has 6 nitrogen and oxygen atoms in total. The number of benzene rings is 2. The van der Waals surface area contributed by atoms with Crippen LogP contribution in [0, 0.1) is 5.92 Å². The Labute approximate surface area is 205 Å². The molecule has 1 saturated heterocycles. The van der Waals surface area contributed by atoms with Gasteiger partial charge in [0.1, 0.15) is 5.69 Å². The predicted molar refractivity (Wildman–Crippen MR) is 136 cm³/mol. The van der Waals surface area contributed by atoms with Crippen molar-refractivity contribution in [3.05, 3.63) is 52.7 Å². The fourth-order valence-corrected chi connectivity index (χ4v) is 8.03. The number of aromatic amines is 1. The zero-order valence-electron chi connectivity index (χ0n) is 20.8. The van der Waals surface area contributed by atoms with Crippen LogP contribution in [0.5, 0.6) is 11.5 Å². The normalized spacial score (nSPS) is 32.9. The van der Waals surface area contributed by atoms with Crippen molar-refractivity contribution in [3.63, 3.8) is 0 Å². The van der Waals surface area contributed by atoms with Gasteiger partial charge in [-0.3, -0.25) is 9.38 Å². The van der Waals surface area contributed by atoms with E-state index >= 15 is 0 Å². The molecule has 4 atom stereocenters.